The lowest BCUT2D eigenvalue weighted by Crippen LogP contribution is -2.23. The summed E-state index contributed by atoms with van der Waals surface area (Å²) in [4.78, 5) is 13.6. The van der Waals surface area contributed by atoms with Crippen molar-refractivity contribution < 1.29 is 14.3 Å². The molecule has 1 saturated heterocycles. The molecule has 0 amide bonds. The van der Waals surface area contributed by atoms with Crippen molar-refractivity contribution in [3.63, 3.8) is 0 Å². The van der Waals surface area contributed by atoms with Crippen LogP contribution in [0, 0.1) is 5.92 Å². The smallest absolute Gasteiger partial charge is 0.310 e. The summed E-state index contributed by atoms with van der Waals surface area (Å²) in [6.45, 7) is 1.44. The number of methoxy groups -OCH3 is 2. The summed E-state index contributed by atoms with van der Waals surface area (Å²) in [5.41, 5.74) is 0.927. The van der Waals surface area contributed by atoms with Crippen molar-refractivity contribution in [1.82, 2.24) is 0 Å². The van der Waals surface area contributed by atoms with Crippen LogP contribution in [0.15, 0.2) is 18.2 Å². The van der Waals surface area contributed by atoms with Gasteiger partial charge in [-0.15, -0.1) is 0 Å². The first-order valence-electron chi connectivity index (χ1n) is 5.82. The molecule has 1 aromatic rings. The van der Waals surface area contributed by atoms with Gasteiger partial charge in [0.2, 0.25) is 0 Å². The molecule has 4 nitrogen and oxygen atoms in total. The van der Waals surface area contributed by atoms with Crippen LogP contribution < -0.4 is 9.64 Å². The van der Waals surface area contributed by atoms with Gasteiger partial charge in [0.15, 0.2) is 0 Å². The van der Waals surface area contributed by atoms with E-state index in [1.807, 2.05) is 12.1 Å². The zero-order chi connectivity index (χ0) is 13.1. The first kappa shape index (κ1) is 13.0. The van der Waals surface area contributed by atoms with Crippen molar-refractivity contribution in [2.45, 2.75) is 6.42 Å². The van der Waals surface area contributed by atoms with Gasteiger partial charge in [-0.3, -0.25) is 4.79 Å². The highest BCUT2D eigenvalue weighted by Crippen LogP contribution is 2.34. The summed E-state index contributed by atoms with van der Waals surface area (Å²) in [6.07, 6.45) is 0.794. The van der Waals surface area contributed by atoms with Crippen molar-refractivity contribution in [1.29, 1.82) is 0 Å². The molecule has 0 aromatic heterocycles. The lowest BCUT2D eigenvalue weighted by molar-refractivity contribution is -0.144. The number of halogens is 1. The van der Waals surface area contributed by atoms with Gasteiger partial charge in [-0.05, 0) is 24.6 Å². The van der Waals surface area contributed by atoms with Crippen molar-refractivity contribution >= 4 is 23.3 Å². The average Bonchev–Trinajstić information content (AvgIpc) is 2.87. The topological polar surface area (TPSA) is 38.8 Å². The van der Waals surface area contributed by atoms with Crippen LogP contribution in [0.25, 0.3) is 0 Å². The molecule has 1 aliphatic heterocycles. The lowest BCUT2D eigenvalue weighted by Gasteiger charge is -2.21. The van der Waals surface area contributed by atoms with Gasteiger partial charge in [-0.25, -0.2) is 0 Å². The third kappa shape index (κ3) is 2.53. The van der Waals surface area contributed by atoms with Crippen LogP contribution in [-0.2, 0) is 9.53 Å². The number of anilines is 1. The maximum Gasteiger partial charge on any atom is 0.310 e. The number of carbonyl (C=O) groups is 1. The summed E-state index contributed by atoms with van der Waals surface area (Å²) in [5, 5.41) is 0.660. The number of carbonyl (C=O) groups excluding carboxylic acids is 1. The zero-order valence-electron chi connectivity index (χ0n) is 10.5. The molecule has 2 rings (SSSR count). The fraction of sp³-hybridized carbons (Fsp3) is 0.462. The molecule has 0 N–H and O–H groups in total. The zero-order valence-corrected chi connectivity index (χ0v) is 11.2. The maximum atomic E-state index is 11.5. The Morgan fingerprint density at radius 1 is 1.44 bits per heavy atom. The van der Waals surface area contributed by atoms with Crippen molar-refractivity contribution in [3.8, 4) is 5.75 Å². The summed E-state index contributed by atoms with van der Waals surface area (Å²) in [5.74, 6) is 0.544. The van der Waals surface area contributed by atoms with Crippen molar-refractivity contribution in [3.05, 3.63) is 23.2 Å². The Kier molecular flexibility index (Phi) is 3.97. The number of rotatable bonds is 3. The van der Waals surface area contributed by atoms with Crippen LogP contribution >= 0.6 is 11.6 Å². The minimum absolute atomic E-state index is 0.0707. The van der Waals surface area contributed by atoms with E-state index in [-0.39, 0.29) is 11.9 Å². The number of esters is 1. The van der Waals surface area contributed by atoms with Gasteiger partial charge in [0.05, 0.1) is 25.8 Å². The predicted molar refractivity (Wildman–Crippen MR) is 70.3 cm³/mol. The molecule has 1 aromatic carbocycles. The highest BCUT2D eigenvalue weighted by atomic mass is 35.5. The minimum Gasteiger partial charge on any atom is -0.495 e. The Bertz CT molecular complexity index is 450. The van der Waals surface area contributed by atoms with E-state index >= 15 is 0 Å². The van der Waals surface area contributed by atoms with Gasteiger partial charge >= 0.3 is 5.97 Å². The molecule has 0 spiro atoms. The molecule has 98 valence electrons. The quantitative estimate of drug-likeness (QED) is 0.790. The van der Waals surface area contributed by atoms with E-state index in [0.29, 0.717) is 11.6 Å². The fourth-order valence-corrected chi connectivity index (χ4v) is 2.41. The molecular weight excluding hydrogens is 254 g/mol. The summed E-state index contributed by atoms with van der Waals surface area (Å²) in [7, 11) is 3.05. The Morgan fingerprint density at radius 3 is 2.89 bits per heavy atom. The Balaban J connectivity index is 2.18. The molecule has 5 heteroatoms. The van der Waals surface area contributed by atoms with E-state index in [0.717, 1.165) is 24.4 Å². The number of nitrogens with zero attached hydrogens (tertiary/aromatic N) is 1. The monoisotopic (exact) mass is 269 g/mol. The lowest BCUT2D eigenvalue weighted by atomic mass is 10.1. The molecule has 1 fully saturated rings. The first-order valence-corrected chi connectivity index (χ1v) is 6.20. The van der Waals surface area contributed by atoms with E-state index in [2.05, 4.69) is 4.90 Å². The van der Waals surface area contributed by atoms with Crippen molar-refractivity contribution in [2.24, 2.45) is 5.92 Å². The molecule has 1 aliphatic rings. The van der Waals surface area contributed by atoms with Gasteiger partial charge in [0.25, 0.3) is 0 Å². The number of benzene rings is 1. The number of hydrogen-bond donors (Lipinski definition) is 0. The molecular formula is C13H16ClNO3. The molecule has 0 aliphatic carbocycles. The van der Waals surface area contributed by atoms with Gasteiger partial charge in [0.1, 0.15) is 5.75 Å². The SMILES string of the molecule is COC(=O)C1CCN(c2cc(Cl)ccc2OC)C1. The molecule has 1 atom stereocenters. The molecule has 0 saturated carbocycles. The summed E-state index contributed by atoms with van der Waals surface area (Å²) < 4.78 is 10.1. The van der Waals surface area contributed by atoms with Crippen LogP contribution in [0.5, 0.6) is 5.75 Å². The van der Waals surface area contributed by atoms with E-state index in [1.54, 1.807) is 13.2 Å². The third-order valence-corrected chi connectivity index (χ3v) is 3.44. The van der Waals surface area contributed by atoms with Crippen LogP contribution in [0.4, 0.5) is 5.69 Å². The van der Waals surface area contributed by atoms with Crippen LogP contribution in [0.2, 0.25) is 5.02 Å². The molecule has 18 heavy (non-hydrogen) atoms. The van der Waals surface area contributed by atoms with Crippen molar-refractivity contribution in [2.75, 3.05) is 32.2 Å². The second kappa shape index (κ2) is 5.48. The summed E-state index contributed by atoms with van der Waals surface area (Å²) in [6, 6.07) is 5.49. The maximum absolute atomic E-state index is 11.5. The number of ether oxygens (including phenoxy) is 2. The Morgan fingerprint density at radius 2 is 2.22 bits per heavy atom. The second-order valence-electron chi connectivity index (χ2n) is 4.27. The summed E-state index contributed by atoms with van der Waals surface area (Å²) >= 11 is 6.00. The highest BCUT2D eigenvalue weighted by molar-refractivity contribution is 6.30. The fourth-order valence-electron chi connectivity index (χ4n) is 2.25. The molecule has 0 radical (unpaired) electrons. The Labute approximate surface area is 111 Å². The average molecular weight is 270 g/mol. The van der Waals surface area contributed by atoms with Crippen LogP contribution in [0.1, 0.15) is 6.42 Å². The second-order valence-corrected chi connectivity index (χ2v) is 4.71. The standard InChI is InChI=1S/C13H16ClNO3/c1-17-12-4-3-10(14)7-11(12)15-6-5-9(8-15)13(16)18-2/h3-4,7,9H,5-6,8H2,1-2H3. The van der Waals surface area contributed by atoms with Crippen LogP contribution in [-0.4, -0.2) is 33.3 Å². The van der Waals surface area contributed by atoms with Crippen LogP contribution in [0.3, 0.4) is 0 Å². The first-order chi connectivity index (χ1) is 8.65. The normalized spacial score (nSPS) is 18.8. The minimum atomic E-state index is -0.154. The molecule has 1 heterocycles. The van der Waals surface area contributed by atoms with E-state index < -0.39 is 0 Å². The van der Waals surface area contributed by atoms with Gasteiger partial charge in [-0.2, -0.15) is 0 Å². The van der Waals surface area contributed by atoms with Gasteiger partial charge in [-0.1, -0.05) is 11.6 Å². The molecule has 0 bridgehead atoms. The third-order valence-electron chi connectivity index (χ3n) is 3.20. The van der Waals surface area contributed by atoms with E-state index in [9.17, 15) is 4.79 Å². The molecule has 1 unspecified atom stereocenters. The Hall–Kier alpha value is -1.42. The highest BCUT2D eigenvalue weighted by Gasteiger charge is 2.30. The van der Waals surface area contributed by atoms with E-state index in [1.165, 1.54) is 7.11 Å². The number of hydrogen-bond acceptors (Lipinski definition) is 4. The predicted octanol–water partition coefficient (Wildman–Crippen LogP) is 2.35. The largest absolute Gasteiger partial charge is 0.495 e. The van der Waals surface area contributed by atoms with Gasteiger partial charge < -0.3 is 14.4 Å². The van der Waals surface area contributed by atoms with Gasteiger partial charge in [0, 0.05) is 18.1 Å². The van der Waals surface area contributed by atoms with E-state index in [4.69, 9.17) is 21.1 Å².